The number of aliphatic hydroxyl groups excluding tert-OH is 1. The molecule has 1 aliphatic heterocycles. The van der Waals surface area contributed by atoms with Gasteiger partial charge in [-0.2, -0.15) is 5.10 Å². The maximum Gasteiger partial charge on any atom is 0.0564 e. The number of nitrogens with zero attached hydrogens (tertiary/aromatic N) is 3. The summed E-state index contributed by atoms with van der Waals surface area (Å²) in [7, 11) is 0. The number of hydrogen-bond acceptors (Lipinski definition) is 4. The van der Waals surface area contributed by atoms with Gasteiger partial charge in [-0.05, 0) is 51.8 Å². The Morgan fingerprint density at radius 1 is 1.35 bits per heavy atom. The van der Waals surface area contributed by atoms with Crippen molar-refractivity contribution in [3.8, 4) is 0 Å². The van der Waals surface area contributed by atoms with Crippen molar-refractivity contribution in [2.75, 3.05) is 26.2 Å². The van der Waals surface area contributed by atoms with Gasteiger partial charge in [0.1, 0.15) is 0 Å². The maximum atomic E-state index is 9.46. The summed E-state index contributed by atoms with van der Waals surface area (Å²) < 4.78 is 1.98. The third-order valence-electron chi connectivity index (χ3n) is 4.05. The van der Waals surface area contributed by atoms with Crippen molar-refractivity contribution in [1.29, 1.82) is 0 Å². The Balaban J connectivity index is 1.48. The van der Waals surface area contributed by atoms with Crippen LogP contribution in [0.25, 0.3) is 0 Å². The molecule has 2 rings (SSSR count). The lowest BCUT2D eigenvalue weighted by molar-refractivity contribution is 0.0820. The number of aryl methyl sites for hydroxylation is 1. The van der Waals surface area contributed by atoms with E-state index < -0.39 is 0 Å². The molecule has 0 aromatic carbocycles. The zero-order chi connectivity index (χ0) is 14.2. The fourth-order valence-corrected chi connectivity index (χ4v) is 2.65. The molecule has 5 nitrogen and oxygen atoms in total. The van der Waals surface area contributed by atoms with Gasteiger partial charge in [-0.15, -0.1) is 0 Å². The lowest BCUT2D eigenvalue weighted by Gasteiger charge is -2.29. The molecule has 2 heterocycles. The number of nitrogens with one attached hydrogen (secondary N) is 1. The summed E-state index contributed by atoms with van der Waals surface area (Å²) in [5.41, 5.74) is 0. The molecule has 0 bridgehead atoms. The summed E-state index contributed by atoms with van der Waals surface area (Å²) in [6.07, 6.45) is 7.94. The van der Waals surface area contributed by atoms with Gasteiger partial charge in [0.2, 0.25) is 0 Å². The van der Waals surface area contributed by atoms with Crippen LogP contribution in [0.5, 0.6) is 0 Å². The fourth-order valence-electron chi connectivity index (χ4n) is 2.65. The molecule has 1 saturated heterocycles. The molecule has 1 unspecified atom stereocenters. The van der Waals surface area contributed by atoms with E-state index in [9.17, 15) is 5.11 Å². The summed E-state index contributed by atoms with van der Waals surface area (Å²) in [6.45, 7) is 7.53. The van der Waals surface area contributed by atoms with E-state index >= 15 is 0 Å². The van der Waals surface area contributed by atoms with E-state index in [1.165, 1.54) is 6.42 Å². The monoisotopic (exact) mass is 280 g/mol. The first-order valence-corrected chi connectivity index (χ1v) is 7.85. The summed E-state index contributed by atoms with van der Waals surface area (Å²) >= 11 is 0. The summed E-state index contributed by atoms with van der Waals surface area (Å²) in [5.74, 6) is 0. The van der Waals surface area contributed by atoms with Gasteiger partial charge in [0, 0.05) is 38.1 Å². The first-order valence-electron chi connectivity index (χ1n) is 7.85. The Labute approximate surface area is 122 Å². The second-order valence-electron chi connectivity index (χ2n) is 5.84. The number of hydrogen-bond donors (Lipinski definition) is 2. The molecule has 0 spiro atoms. The highest BCUT2D eigenvalue weighted by Gasteiger charge is 2.15. The van der Waals surface area contributed by atoms with Crippen molar-refractivity contribution < 1.29 is 5.11 Å². The molecule has 5 heteroatoms. The summed E-state index contributed by atoms with van der Waals surface area (Å²) in [5, 5.41) is 17.3. The topological polar surface area (TPSA) is 53.3 Å². The molecule has 0 amide bonds. The average molecular weight is 280 g/mol. The van der Waals surface area contributed by atoms with E-state index in [1.807, 2.05) is 23.1 Å². The Morgan fingerprint density at radius 3 is 2.85 bits per heavy atom. The standard InChI is InChI=1S/C15H28N4O/c1-14(4-13-19-10-3-8-17-19)16-7-2-9-18-11-5-15(20)6-12-18/h3,8,10,14-16,20H,2,4-7,9,11-13H2,1H3. The zero-order valence-corrected chi connectivity index (χ0v) is 12.5. The second-order valence-corrected chi connectivity index (χ2v) is 5.84. The summed E-state index contributed by atoms with van der Waals surface area (Å²) in [6, 6.07) is 2.50. The predicted octanol–water partition coefficient (Wildman–Crippen LogP) is 1.10. The minimum atomic E-state index is -0.0632. The smallest absolute Gasteiger partial charge is 0.0564 e. The van der Waals surface area contributed by atoms with E-state index in [0.717, 1.165) is 52.0 Å². The predicted molar refractivity (Wildman–Crippen MR) is 80.6 cm³/mol. The van der Waals surface area contributed by atoms with E-state index in [-0.39, 0.29) is 6.10 Å². The maximum absolute atomic E-state index is 9.46. The molecule has 0 aliphatic carbocycles. The van der Waals surface area contributed by atoms with E-state index in [4.69, 9.17) is 0 Å². The minimum Gasteiger partial charge on any atom is -0.393 e. The highest BCUT2D eigenvalue weighted by atomic mass is 16.3. The second kappa shape index (κ2) is 8.39. The Kier molecular flexibility index (Phi) is 6.50. The number of piperidine rings is 1. The normalized spacial score (nSPS) is 19.3. The van der Waals surface area contributed by atoms with E-state index in [0.29, 0.717) is 6.04 Å². The van der Waals surface area contributed by atoms with Gasteiger partial charge >= 0.3 is 0 Å². The van der Waals surface area contributed by atoms with Crippen LogP contribution in [0.4, 0.5) is 0 Å². The molecule has 114 valence electrons. The highest BCUT2D eigenvalue weighted by Crippen LogP contribution is 2.09. The van der Waals surface area contributed by atoms with Gasteiger partial charge in [0.25, 0.3) is 0 Å². The molecule has 20 heavy (non-hydrogen) atoms. The van der Waals surface area contributed by atoms with Crippen LogP contribution >= 0.6 is 0 Å². The van der Waals surface area contributed by atoms with Crippen LogP contribution in [0.1, 0.15) is 32.6 Å². The molecule has 0 radical (unpaired) electrons. The van der Waals surface area contributed by atoms with Crippen LogP contribution in [-0.4, -0.2) is 58.1 Å². The van der Waals surface area contributed by atoms with Crippen molar-refractivity contribution in [1.82, 2.24) is 20.0 Å². The molecular weight excluding hydrogens is 252 g/mol. The first-order chi connectivity index (χ1) is 9.74. The Hall–Kier alpha value is -0.910. The van der Waals surface area contributed by atoms with Crippen LogP contribution in [-0.2, 0) is 6.54 Å². The zero-order valence-electron chi connectivity index (χ0n) is 12.5. The SMILES string of the molecule is CC(CCn1cccn1)NCCCN1CCC(O)CC1. The van der Waals surface area contributed by atoms with E-state index in [2.05, 4.69) is 22.2 Å². The molecule has 1 atom stereocenters. The number of aromatic nitrogens is 2. The van der Waals surface area contributed by atoms with Crippen LogP contribution in [0.2, 0.25) is 0 Å². The van der Waals surface area contributed by atoms with E-state index in [1.54, 1.807) is 0 Å². The van der Waals surface area contributed by atoms with Gasteiger partial charge in [-0.25, -0.2) is 0 Å². The molecule has 1 fully saturated rings. The summed E-state index contributed by atoms with van der Waals surface area (Å²) in [4.78, 5) is 2.46. The Morgan fingerprint density at radius 2 is 2.15 bits per heavy atom. The molecule has 1 aromatic heterocycles. The van der Waals surface area contributed by atoms with Crippen molar-refractivity contribution in [3.63, 3.8) is 0 Å². The number of rotatable bonds is 8. The van der Waals surface area contributed by atoms with Crippen LogP contribution in [0, 0.1) is 0 Å². The van der Waals surface area contributed by atoms with Crippen LogP contribution < -0.4 is 5.32 Å². The third kappa shape index (κ3) is 5.61. The minimum absolute atomic E-state index is 0.0632. The van der Waals surface area contributed by atoms with Crippen molar-refractivity contribution in [2.45, 2.75) is 51.3 Å². The van der Waals surface area contributed by atoms with Gasteiger partial charge < -0.3 is 15.3 Å². The molecule has 1 aliphatic rings. The van der Waals surface area contributed by atoms with Gasteiger partial charge in [0.15, 0.2) is 0 Å². The largest absolute Gasteiger partial charge is 0.393 e. The average Bonchev–Trinajstić information content (AvgIpc) is 2.96. The van der Waals surface area contributed by atoms with Gasteiger partial charge in [-0.1, -0.05) is 0 Å². The number of likely N-dealkylation sites (tertiary alicyclic amines) is 1. The first kappa shape index (κ1) is 15.5. The Bertz CT molecular complexity index is 347. The van der Waals surface area contributed by atoms with Crippen molar-refractivity contribution in [2.24, 2.45) is 0 Å². The highest BCUT2D eigenvalue weighted by molar-refractivity contribution is 4.78. The lowest BCUT2D eigenvalue weighted by atomic mass is 10.1. The lowest BCUT2D eigenvalue weighted by Crippen LogP contribution is -2.38. The quantitative estimate of drug-likeness (QED) is 0.700. The van der Waals surface area contributed by atoms with Crippen molar-refractivity contribution in [3.05, 3.63) is 18.5 Å². The molecular formula is C15H28N4O. The van der Waals surface area contributed by atoms with Crippen LogP contribution in [0.3, 0.4) is 0 Å². The third-order valence-corrected chi connectivity index (χ3v) is 4.05. The van der Waals surface area contributed by atoms with Crippen LogP contribution in [0.15, 0.2) is 18.5 Å². The molecule has 2 N–H and O–H groups in total. The van der Waals surface area contributed by atoms with Gasteiger partial charge in [-0.3, -0.25) is 4.68 Å². The number of aliphatic hydroxyl groups is 1. The van der Waals surface area contributed by atoms with Crippen molar-refractivity contribution >= 4 is 0 Å². The molecule has 1 aromatic rings. The molecule has 0 saturated carbocycles. The fraction of sp³-hybridized carbons (Fsp3) is 0.800. The van der Waals surface area contributed by atoms with Gasteiger partial charge in [0.05, 0.1) is 6.10 Å².